The fourth-order valence-electron chi connectivity index (χ4n) is 2.93. The van der Waals surface area contributed by atoms with Crippen LogP contribution in [0.25, 0.3) is 0 Å². The van der Waals surface area contributed by atoms with Crippen LogP contribution in [-0.2, 0) is 10.0 Å². The molecule has 0 unspecified atom stereocenters. The summed E-state index contributed by atoms with van der Waals surface area (Å²) in [6, 6.07) is 11.4. The van der Waals surface area contributed by atoms with Gasteiger partial charge in [-0.25, -0.2) is 8.42 Å². The number of halogens is 1. The maximum atomic E-state index is 12.9. The van der Waals surface area contributed by atoms with Crippen molar-refractivity contribution >= 4 is 56.0 Å². The second kappa shape index (κ2) is 9.02. The summed E-state index contributed by atoms with van der Waals surface area (Å²) in [5.41, 5.74) is 1.04. The first-order valence-electron chi connectivity index (χ1n) is 8.67. The molecular weight excluding hydrogens is 511 g/mol. The van der Waals surface area contributed by atoms with E-state index in [9.17, 15) is 13.2 Å². The van der Waals surface area contributed by atoms with E-state index in [1.54, 1.807) is 53.5 Å². The molecule has 150 valence electrons. The van der Waals surface area contributed by atoms with Gasteiger partial charge in [-0.2, -0.15) is 16.1 Å². The Morgan fingerprint density at radius 3 is 2.57 bits per heavy atom. The molecule has 1 fully saturated rings. The zero-order valence-corrected chi connectivity index (χ0v) is 19.3. The molecule has 0 radical (unpaired) electrons. The van der Waals surface area contributed by atoms with Gasteiger partial charge in [0, 0.05) is 35.3 Å². The molecule has 1 N–H and O–H groups in total. The number of sulfonamides is 1. The monoisotopic (exact) mass is 532 g/mol. The van der Waals surface area contributed by atoms with Gasteiger partial charge in [0.15, 0.2) is 0 Å². The summed E-state index contributed by atoms with van der Waals surface area (Å²) >= 11 is 3.87. The highest BCUT2D eigenvalue weighted by atomic mass is 127. The molecule has 0 aliphatic carbocycles. The van der Waals surface area contributed by atoms with Crippen molar-refractivity contribution in [2.75, 3.05) is 30.5 Å². The second-order valence-electron chi connectivity index (χ2n) is 6.37. The average Bonchev–Trinajstić information content (AvgIpc) is 2.68. The summed E-state index contributed by atoms with van der Waals surface area (Å²) in [5.74, 6) is 2.04. The first-order valence-corrected chi connectivity index (χ1v) is 12.3. The molecule has 0 saturated carbocycles. The van der Waals surface area contributed by atoms with Crippen LogP contribution in [0, 0.1) is 3.57 Å². The van der Waals surface area contributed by atoms with Crippen molar-refractivity contribution in [1.29, 1.82) is 0 Å². The van der Waals surface area contributed by atoms with Gasteiger partial charge < -0.3 is 10.1 Å². The lowest BCUT2D eigenvalue weighted by atomic mass is 10.2. The Labute approximate surface area is 183 Å². The maximum Gasteiger partial charge on any atom is 0.255 e. The van der Waals surface area contributed by atoms with Crippen LogP contribution in [-0.4, -0.2) is 49.8 Å². The lowest BCUT2D eigenvalue weighted by Gasteiger charge is -2.31. The van der Waals surface area contributed by atoms with E-state index in [-0.39, 0.29) is 16.8 Å². The first-order chi connectivity index (χ1) is 13.3. The molecule has 0 spiro atoms. The molecule has 2 aromatic carbocycles. The van der Waals surface area contributed by atoms with Crippen molar-refractivity contribution in [3.63, 3.8) is 0 Å². The smallest absolute Gasteiger partial charge is 0.255 e. The fourth-order valence-corrected chi connectivity index (χ4v) is 6.52. The predicted octanol–water partition coefficient (Wildman–Crippen LogP) is 3.68. The molecule has 1 aliphatic heterocycles. The minimum Gasteiger partial charge on any atom is -0.496 e. The lowest BCUT2D eigenvalue weighted by molar-refractivity contribution is 0.102. The zero-order chi connectivity index (χ0) is 20.3. The third-order valence-corrected chi connectivity index (χ3v) is 8.50. The third-order valence-electron chi connectivity index (χ3n) is 4.44. The van der Waals surface area contributed by atoms with Crippen LogP contribution >= 0.6 is 34.4 Å². The number of rotatable bonds is 5. The highest BCUT2D eigenvalue weighted by molar-refractivity contribution is 14.1. The number of hydrogen-bond acceptors (Lipinski definition) is 5. The number of thioether (sulfide) groups is 1. The molecule has 28 heavy (non-hydrogen) atoms. The number of benzene rings is 2. The van der Waals surface area contributed by atoms with E-state index in [1.165, 1.54) is 12.1 Å². The summed E-state index contributed by atoms with van der Waals surface area (Å²) in [7, 11) is -1.95. The number of methoxy groups -OCH3 is 1. The van der Waals surface area contributed by atoms with Gasteiger partial charge >= 0.3 is 0 Å². The van der Waals surface area contributed by atoms with Gasteiger partial charge in [0.05, 0.1) is 15.6 Å². The Hall–Kier alpha value is -1.30. The molecule has 1 amide bonds. The van der Waals surface area contributed by atoms with E-state index in [4.69, 9.17) is 4.74 Å². The highest BCUT2D eigenvalue weighted by Crippen LogP contribution is 2.26. The van der Waals surface area contributed by atoms with Gasteiger partial charge in [-0.15, -0.1) is 0 Å². The topological polar surface area (TPSA) is 75.7 Å². The van der Waals surface area contributed by atoms with Crippen molar-refractivity contribution in [2.24, 2.45) is 0 Å². The van der Waals surface area contributed by atoms with Crippen molar-refractivity contribution < 1.29 is 17.9 Å². The van der Waals surface area contributed by atoms with Crippen LogP contribution in [0.2, 0.25) is 0 Å². The van der Waals surface area contributed by atoms with E-state index in [1.807, 2.05) is 6.92 Å². The number of nitrogens with one attached hydrogen (secondary N) is 1. The zero-order valence-electron chi connectivity index (χ0n) is 15.5. The molecule has 1 aliphatic rings. The minimum absolute atomic E-state index is 0.0272. The number of nitrogens with zero attached hydrogens (tertiary/aromatic N) is 1. The Morgan fingerprint density at radius 2 is 1.96 bits per heavy atom. The summed E-state index contributed by atoms with van der Waals surface area (Å²) < 4.78 is 33.3. The van der Waals surface area contributed by atoms with Gasteiger partial charge in [-0.05, 0) is 72.0 Å². The molecule has 3 rings (SSSR count). The van der Waals surface area contributed by atoms with Gasteiger partial charge in [0.1, 0.15) is 5.75 Å². The Kier molecular flexibility index (Phi) is 6.89. The van der Waals surface area contributed by atoms with Crippen LogP contribution in [0.3, 0.4) is 0 Å². The summed E-state index contributed by atoms with van der Waals surface area (Å²) in [6.07, 6.45) is 0. The molecule has 1 atom stereocenters. The summed E-state index contributed by atoms with van der Waals surface area (Å²) in [6.45, 7) is 2.44. The van der Waals surface area contributed by atoms with Gasteiger partial charge in [0.2, 0.25) is 10.0 Å². The Balaban J connectivity index is 1.74. The van der Waals surface area contributed by atoms with Crippen LogP contribution in [0.4, 0.5) is 5.69 Å². The molecule has 0 aromatic heterocycles. The number of carbonyl (C=O) groups is 1. The van der Waals surface area contributed by atoms with Gasteiger partial charge in [-0.3, -0.25) is 4.79 Å². The number of amides is 1. The maximum absolute atomic E-state index is 12.9. The third kappa shape index (κ3) is 4.64. The number of carbonyl (C=O) groups excluding carboxylic acids is 1. The van der Waals surface area contributed by atoms with Gasteiger partial charge in [-0.1, -0.05) is 0 Å². The van der Waals surface area contributed by atoms with Crippen LogP contribution in [0.15, 0.2) is 47.4 Å². The molecule has 2 aromatic rings. The summed E-state index contributed by atoms with van der Waals surface area (Å²) in [5, 5.41) is 2.80. The Morgan fingerprint density at radius 1 is 1.25 bits per heavy atom. The van der Waals surface area contributed by atoms with Crippen molar-refractivity contribution in [3.05, 3.63) is 51.6 Å². The quantitative estimate of drug-likeness (QED) is 0.595. The van der Waals surface area contributed by atoms with Crippen molar-refractivity contribution in [3.8, 4) is 5.75 Å². The van der Waals surface area contributed by atoms with Gasteiger partial charge in [0.25, 0.3) is 5.91 Å². The van der Waals surface area contributed by atoms with E-state index in [0.717, 1.165) is 15.1 Å². The average molecular weight is 532 g/mol. The highest BCUT2D eigenvalue weighted by Gasteiger charge is 2.31. The molecule has 9 heteroatoms. The normalized spacial score (nSPS) is 17.9. The molecule has 6 nitrogen and oxygen atoms in total. The lowest BCUT2D eigenvalue weighted by Crippen LogP contribution is -2.44. The van der Waals surface area contributed by atoms with E-state index < -0.39 is 10.0 Å². The number of ether oxygens (including phenoxy) is 1. The SMILES string of the molecule is COc1ccc(C(=O)Nc2ccc(S(=O)(=O)N3CCSC[C@@H]3C)cc2)cc1I. The van der Waals surface area contributed by atoms with Crippen LogP contribution < -0.4 is 10.1 Å². The minimum atomic E-state index is -3.53. The largest absolute Gasteiger partial charge is 0.496 e. The second-order valence-corrected chi connectivity index (χ2v) is 10.6. The van der Waals surface area contributed by atoms with Crippen molar-refractivity contribution in [2.45, 2.75) is 17.9 Å². The molecule has 0 bridgehead atoms. The van der Waals surface area contributed by atoms with E-state index >= 15 is 0 Å². The predicted molar refractivity (Wildman–Crippen MR) is 121 cm³/mol. The number of hydrogen-bond donors (Lipinski definition) is 1. The summed E-state index contributed by atoms with van der Waals surface area (Å²) in [4.78, 5) is 12.7. The van der Waals surface area contributed by atoms with Crippen LogP contribution in [0.5, 0.6) is 5.75 Å². The Bertz CT molecular complexity index is 964. The molecule has 1 saturated heterocycles. The fraction of sp³-hybridized carbons (Fsp3) is 0.316. The van der Waals surface area contributed by atoms with E-state index in [2.05, 4.69) is 27.9 Å². The number of anilines is 1. The van der Waals surface area contributed by atoms with Crippen molar-refractivity contribution in [1.82, 2.24) is 4.31 Å². The van der Waals surface area contributed by atoms with Crippen LogP contribution in [0.1, 0.15) is 17.3 Å². The molecule has 1 heterocycles. The molecular formula is C19H21IN2O4S2. The van der Waals surface area contributed by atoms with E-state index in [0.29, 0.717) is 23.5 Å². The standard InChI is InChI=1S/C19H21IN2O4S2/c1-13-12-27-10-9-22(13)28(24,25)16-6-4-15(5-7-16)21-19(23)14-3-8-18(26-2)17(20)11-14/h3-8,11,13H,9-10,12H2,1-2H3,(H,21,23)/t13-/m0/s1. The first kappa shape index (κ1) is 21.4.